The highest BCUT2D eigenvalue weighted by molar-refractivity contribution is 8.26. The Morgan fingerprint density at radius 1 is 1.37 bits per heavy atom. The zero-order valence-electron chi connectivity index (χ0n) is 17.0. The highest BCUT2D eigenvalue weighted by Gasteiger charge is 2.33. The lowest BCUT2D eigenvalue weighted by molar-refractivity contribution is -0.122. The number of nitrogens with zero attached hydrogens (tertiary/aromatic N) is 4. The smallest absolute Gasteiger partial charge is 0.267 e. The van der Waals surface area contributed by atoms with Crippen molar-refractivity contribution in [2.24, 2.45) is 5.92 Å². The van der Waals surface area contributed by atoms with Gasteiger partial charge in [0.2, 0.25) is 0 Å². The molecule has 1 atom stereocenters. The number of methoxy groups -OCH3 is 1. The van der Waals surface area contributed by atoms with E-state index < -0.39 is 0 Å². The van der Waals surface area contributed by atoms with Gasteiger partial charge in [0.15, 0.2) is 0 Å². The molecule has 158 valence electrons. The molecule has 2 aromatic rings. The van der Waals surface area contributed by atoms with Crippen LogP contribution < -0.4 is 10.5 Å². The molecule has 2 aliphatic heterocycles. The summed E-state index contributed by atoms with van der Waals surface area (Å²) in [6.07, 6.45) is 5.58. The summed E-state index contributed by atoms with van der Waals surface area (Å²) in [5.41, 5.74) is 0.844. The van der Waals surface area contributed by atoms with E-state index in [-0.39, 0.29) is 11.5 Å². The van der Waals surface area contributed by atoms with Gasteiger partial charge < -0.3 is 9.64 Å². The fourth-order valence-electron chi connectivity index (χ4n) is 3.85. The van der Waals surface area contributed by atoms with Crippen LogP contribution in [0.1, 0.15) is 25.3 Å². The average Bonchev–Trinajstić information content (AvgIpc) is 3.01. The number of carbonyl (C=O) groups is 1. The van der Waals surface area contributed by atoms with Gasteiger partial charge in [-0.3, -0.25) is 18.9 Å². The molecule has 0 saturated carbocycles. The van der Waals surface area contributed by atoms with Gasteiger partial charge in [0, 0.05) is 26.4 Å². The first kappa shape index (κ1) is 21.0. The third-order valence-corrected chi connectivity index (χ3v) is 6.75. The standard InChI is InChI=1S/C21H24N4O3S2/c1-14-6-5-8-23(13-14)18-15(19(26)24-9-4-3-7-17(24)22-18)12-16-20(27)25(10-11-28-2)21(29)30-16/h3-4,7,9,12,14H,5-6,8,10-11,13H2,1-2H3/b16-12-/t14-/m0/s1. The molecule has 4 rings (SSSR count). The molecular weight excluding hydrogens is 420 g/mol. The number of amides is 1. The first-order chi connectivity index (χ1) is 14.5. The Kier molecular flexibility index (Phi) is 6.21. The quantitative estimate of drug-likeness (QED) is 0.519. The molecule has 2 saturated heterocycles. The molecule has 0 unspecified atom stereocenters. The summed E-state index contributed by atoms with van der Waals surface area (Å²) < 4.78 is 7.08. The number of hydrogen-bond donors (Lipinski definition) is 0. The number of piperidine rings is 1. The number of thiocarbonyl (C=S) groups is 1. The van der Waals surface area contributed by atoms with Crippen LogP contribution in [-0.4, -0.2) is 57.9 Å². The summed E-state index contributed by atoms with van der Waals surface area (Å²) in [6.45, 7) is 4.68. The molecule has 0 radical (unpaired) electrons. The molecule has 9 heteroatoms. The third-order valence-electron chi connectivity index (χ3n) is 5.37. The van der Waals surface area contributed by atoms with Crippen LogP contribution in [0.25, 0.3) is 11.7 Å². The Labute approximate surface area is 184 Å². The minimum absolute atomic E-state index is 0.184. The van der Waals surface area contributed by atoms with Crippen LogP contribution in [0.2, 0.25) is 0 Å². The Balaban J connectivity index is 1.81. The van der Waals surface area contributed by atoms with Gasteiger partial charge in [0.05, 0.1) is 23.6 Å². The van der Waals surface area contributed by atoms with Crippen molar-refractivity contribution in [3.63, 3.8) is 0 Å². The van der Waals surface area contributed by atoms with Gasteiger partial charge >= 0.3 is 0 Å². The Hall–Kier alpha value is -2.23. The summed E-state index contributed by atoms with van der Waals surface area (Å²) in [5, 5.41) is 0. The zero-order chi connectivity index (χ0) is 21.3. The Morgan fingerprint density at radius 2 is 2.20 bits per heavy atom. The molecule has 0 N–H and O–H groups in total. The summed E-state index contributed by atoms with van der Waals surface area (Å²) >= 11 is 6.59. The van der Waals surface area contributed by atoms with Crippen molar-refractivity contribution in [2.75, 3.05) is 38.3 Å². The van der Waals surface area contributed by atoms with Crippen molar-refractivity contribution >= 4 is 51.7 Å². The number of rotatable bonds is 5. The number of fused-ring (bicyclic) bond motifs is 1. The highest BCUT2D eigenvalue weighted by atomic mass is 32.2. The summed E-state index contributed by atoms with van der Waals surface area (Å²) in [4.78, 5) is 35.2. The fraction of sp³-hybridized carbons (Fsp3) is 0.429. The average molecular weight is 445 g/mol. The summed E-state index contributed by atoms with van der Waals surface area (Å²) in [6, 6.07) is 5.49. The third kappa shape index (κ3) is 4.01. The molecule has 2 aliphatic rings. The molecule has 0 aromatic carbocycles. The Bertz CT molecular complexity index is 1080. The van der Waals surface area contributed by atoms with Gasteiger partial charge in [-0.15, -0.1) is 0 Å². The maximum atomic E-state index is 13.4. The number of carbonyl (C=O) groups excluding carboxylic acids is 1. The van der Waals surface area contributed by atoms with Gasteiger partial charge in [-0.2, -0.15) is 0 Å². The largest absolute Gasteiger partial charge is 0.383 e. The van der Waals surface area contributed by atoms with Crippen molar-refractivity contribution in [1.29, 1.82) is 0 Å². The second kappa shape index (κ2) is 8.87. The molecule has 2 fully saturated rings. The minimum Gasteiger partial charge on any atom is -0.383 e. The molecule has 0 bridgehead atoms. The van der Waals surface area contributed by atoms with Crippen LogP contribution in [0, 0.1) is 5.92 Å². The van der Waals surface area contributed by atoms with Crippen molar-refractivity contribution < 1.29 is 9.53 Å². The molecule has 2 aromatic heterocycles. The van der Waals surface area contributed by atoms with Gasteiger partial charge in [-0.25, -0.2) is 4.98 Å². The number of thioether (sulfide) groups is 1. The lowest BCUT2D eigenvalue weighted by atomic mass is 10.00. The predicted octanol–water partition coefficient (Wildman–Crippen LogP) is 2.78. The van der Waals surface area contributed by atoms with Crippen molar-refractivity contribution in [1.82, 2.24) is 14.3 Å². The predicted molar refractivity (Wildman–Crippen MR) is 124 cm³/mol. The number of pyridine rings is 1. The van der Waals surface area contributed by atoms with E-state index in [4.69, 9.17) is 21.9 Å². The van der Waals surface area contributed by atoms with Gasteiger partial charge in [-0.05, 0) is 37.0 Å². The second-order valence-electron chi connectivity index (χ2n) is 7.60. The Morgan fingerprint density at radius 3 is 2.97 bits per heavy atom. The molecule has 0 spiro atoms. The van der Waals surface area contributed by atoms with Gasteiger partial charge in [-0.1, -0.05) is 37.0 Å². The van der Waals surface area contributed by atoms with Crippen LogP contribution in [0.4, 0.5) is 5.82 Å². The molecule has 0 aliphatic carbocycles. The molecule has 4 heterocycles. The van der Waals surface area contributed by atoms with E-state index in [0.717, 1.165) is 25.9 Å². The number of ether oxygens (including phenoxy) is 1. The van der Waals surface area contributed by atoms with E-state index >= 15 is 0 Å². The SMILES string of the molecule is COCCN1C(=O)/C(=C/c2c(N3CCC[C@H](C)C3)nc3ccccn3c2=O)SC1=S. The number of hydrogen-bond acceptors (Lipinski definition) is 7. The van der Waals surface area contributed by atoms with Crippen LogP contribution in [0.5, 0.6) is 0 Å². The molecule has 7 nitrogen and oxygen atoms in total. The topological polar surface area (TPSA) is 67.2 Å². The van der Waals surface area contributed by atoms with E-state index in [1.54, 1.807) is 25.4 Å². The lowest BCUT2D eigenvalue weighted by Gasteiger charge is -2.32. The monoisotopic (exact) mass is 444 g/mol. The normalized spacial score (nSPS) is 21.3. The van der Waals surface area contributed by atoms with E-state index in [0.29, 0.717) is 45.3 Å². The van der Waals surface area contributed by atoms with Crippen LogP contribution in [0.3, 0.4) is 0 Å². The second-order valence-corrected chi connectivity index (χ2v) is 9.28. The molecular formula is C21H24N4O3S2. The van der Waals surface area contributed by atoms with E-state index in [9.17, 15) is 9.59 Å². The molecule has 30 heavy (non-hydrogen) atoms. The van der Waals surface area contributed by atoms with Gasteiger partial charge in [0.1, 0.15) is 15.8 Å². The first-order valence-corrected chi connectivity index (χ1v) is 11.2. The van der Waals surface area contributed by atoms with Crippen LogP contribution >= 0.6 is 24.0 Å². The van der Waals surface area contributed by atoms with E-state index in [1.165, 1.54) is 21.1 Å². The zero-order valence-corrected chi connectivity index (χ0v) is 18.7. The molecule has 1 amide bonds. The van der Waals surface area contributed by atoms with Crippen molar-refractivity contribution in [3.05, 3.63) is 45.2 Å². The van der Waals surface area contributed by atoms with Gasteiger partial charge in [0.25, 0.3) is 11.5 Å². The van der Waals surface area contributed by atoms with Crippen molar-refractivity contribution in [2.45, 2.75) is 19.8 Å². The maximum Gasteiger partial charge on any atom is 0.267 e. The number of anilines is 1. The van der Waals surface area contributed by atoms with E-state index in [2.05, 4.69) is 11.8 Å². The number of aromatic nitrogens is 2. The van der Waals surface area contributed by atoms with E-state index in [1.807, 2.05) is 12.1 Å². The summed E-state index contributed by atoms with van der Waals surface area (Å²) in [5.74, 6) is 0.965. The summed E-state index contributed by atoms with van der Waals surface area (Å²) in [7, 11) is 1.58. The van der Waals surface area contributed by atoms with Crippen molar-refractivity contribution in [3.8, 4) is 0 Å². The minimum atomic E-state index is -0.197. The van der Waals surface area contributed by atoms with Crippen LogP contribution in [-0.2, 0) is 9.53 Å². The fourth-order valence-corrected chi connectivity index (χ4v) is 5.14. The lowest BCUT2D eigenvalue weighted by Crippen LogP contribution is -2.37. The van der Waals surface area contributed by atoms with Crippen LogP contribution in [0.15, 0.2) is 34.1 Å². The maximum absolute atomic E-state index is 13.4. The first-order valence-electron chi connectivity index (χ1n) is 10.00. The highest BCUT2D eigenvalue weighted by Crippen LogP contribution is 2.34.